The number of rotatable bonds is 5. The van der Waals surface area contributed by atoms with Crippen molar-refractivity contribution in [3.8, 4) is 11.3 Å². The maximum atomic E-state index is 13.8. The molecule has 0 N–H and O–H groups in total. The van der Waals surface area contributed by atoms with Gasteiger partial charge < -0.3 is 9.64 Å². The van der Waals surface area contributed by atoms with Crippen LogP contribution in [-0.2, 0) is 33.5 Å². The average Bonchev–Trinajstić information content (AvgIpc) is 3.09. The molecule has 0 bridgehead atoms. The number of thiophene rings is 1. The number of alkyl halides is 3. The van der Waals surface area contributed by atoms with Gasteiger partial charge in [0.15, 0.2) is 0 Å². The van der Waals surface area contributed by atoms with Crippen molar-refractivity contribution in [1.82, 2.24) is 19.8 Å². The first kappa shape index (κ1) is 26.3. The molecular formula is C28H29F3N4O3S. The third-order valence-electron chi connectivity index (χ3n) is 8.33. The van der Waals surface area contributed by atoms with E-state index in [9.17, 15) is 22.8 Å². The van der Waals surface area contributed by atoms with Crippen LogP contribution >= 0.6 is 11.3 Å². The number of nitrogens with zero attached hydrogens (tertiary/aromatic N) is 4. The van der Waals surface area contributed by atoms with Gasteiger partial charge in [-0.3, -0.25) is 19.5 Å². The standard InChI is InChI=1S/C28H29F3N4O3S/c1-14-9-20(28(29,30)31)33-23(18(14)10-15-12-34(4)7-8-38-15)17-5-6-32-19-11-16(39-24(17)19)13-35-25(36)21-22(26(35)37)27(21,2)3/h5-6,9,11,15,21-22H,7-8,10,12-13H2,1-4H3/t15-,21?,22?/m0/s1. The van der Waals surface area contributed by atoms with Crippen molar-refractivity contribution in [1.29, 1.82) is 0 Å². The lowest BCUT2D eigenvalue weighted by Crippen LogP contribution is -2.41. The first-order valence-electron chi connectivity index (χ1n) is 13.0. The minimum Gasteiger partial charge on any atom is -0.375 e. The van der Waals surface area contributed by atoms with E-state index in [0.29, 0.717) is 46.5 Å². The Labute approximate surface area is 228 Å². The number of likely N-dealkylation sites (N-methyl/N-ethyl adjacent to an activating group) is 1. The number of aromatic nitrogens is 2. The third-order valence-corrected chi connectivity index (χ3v) is 9.48. The number of ether oxygens (including phenoxy) is 1. The zero-order valence-electron chi connectivity index (χ0n) is 22.1. The van der Waals surface area contributed by atoms with Gasteiger partial charge in [-0.15, -0.1) is 11.3 Å². The minimum atomic E-state index is -4.60. The van der Waals surface area contributed by atoms with Crippen LogP contribution in [0, 0.1) is 24.2 Å². The van der Waals surface area contributed by atoms with Crippen molar-refractivity contribution in [2.75, 3.05) is 26.7 Å². The van der Waals surface area contributed by atoms with Crippen LogP contribution in [0.4, 0.5) is 13.2 Å². The summed E-state index contributed by atoms with van der Waals surface area (Å²) in [5.74, 6) is -0.853. The van der Waals surface area contributed by atoms with E-state index in [1.54, 1.807) is 25.3 Å². The number of halogens is 3. The van der Waals surface area contributed by atoms with E-state index < -0.39 is 11.9 Å². The number of likely N-dealkylation sites (tertiary alicyclic amines) is 1. The predicted molar refractivity (Wildman–Crippen MR) is 140 cm³/mol. The van der Waals surface area contributed by atoms with Gasteiger partial charge in [0.25, 0.3) is 0 Å². The Bertz CT molecular complexity index is 1480. The number of amides is 2. The lowest BCUT2D eigenvalue weighted by atomic mass is 9.95. The maximum Gasteiger partial charge on any atom is 0.433 e. The van der Waals surface area contributed by atoms with Crippen LogP contribution in [0.25, 0.3) is 21.5 Å². The SMILES string of the molecule is Cc1cc(C(F)(F)F)nc(-c2ccnc3cc(CN4C(=O)C5C(C4=O)C5(C)C)sc23)c1C[C@H]1CN(C)CCO1. The molecule has 7 nitrogen and oxygen atoms in total. The number of hydrogen-bond donors (Lipinski definition) is 0. The zero-order chi connectivity index (χ0) is 27.9. The van der Waals surface area contributed by atoms with Gasteiger partial charge in [0.1, 0.15) is 5.69 Å². The molecule has 0 spiro atoms. The van der Waals surface area contributed by atoms with E-state index in [0.717, 1.165) is 17.5 Å². The van der Waals surface area contributed by atoms with Crippen molar-refractivity contribution >= 4 is 33.4 Å². The van der Waals surface area contributed by atoms with E-state index in [1.165, 1.54) is 16.2 Å². The Morgan fingerprint density at radius 1 is 1.18 bits per heavy atom. The Morgan fingerprint density at radius 2 is 1.90 bits per heavy atom. The van der Waals surface area contributed by atoms with E-state index in [-0.39, 0.29) is 47.4 Å². The minimum absolute atomic E-state index is 0.130. The summed E-state index contributed by atoms with van der Waals surface area (Å²) in [5.41, 5.74) is 1.37. The van der Waals surface area contributed by atoms with Gasteiger partial charge in [0, 0.05) is 36.1 Å². The molecule has 3 aliphatic rings. The molecule has 2 aliphatic heterocycles. The van der Waals surface area contributed by atoms with Gasteiger partial charge in [-0.2, -0.15) is 13.2 Å². The molecule has 0 radical (unpaired) electrons. The molecule has 2 saturated heterocycles. The number of carbonyl (C=O) groups is 2. The second-order valence-electron chi connectivity index (χ2n) is 11.4. The maximum absolute atomic E-state index is 13.8. The zero-order valence-corrected chi connectivity index (χ0v) is 22.9. The molecule has 2 amide bonds. The molecule has 206 valence electrons. The summed E-state index contributed by atoms with van der Waals surface area (Å²) in [6, 6.07) is 4.59. The van der Waals surface area contributed by atoms with Gasteiger partial charge in [-0.25, -0.2) is 4.98 Å². The Hall–Kier alpha value is -2.89. The number of fused-ring (bicyclic) bond motifs is 2. The molecular weight excluding hydrogens is 529 g/mol. The number of piperidine rings is 1. The fourth-order valence-corrected chi connectivity index (χ4v) is 7.23. The smallest absolute Gasteiger partial charge is 0.375 e. The summed E-state index contributed by atoms with van der Waals surface area (Å²) in [7, 11) is 1.99. The van der Waals surface area contributed by atoms with Crippen LogP contribution in [0.5, 0.6) is 0 Å². The van der Waals surface area contributed by atoms with Crippen LogP contribution < -0.4 is 0 Å². The van der Waals surface area contributed by atoms with Gasteiger partial charge in [-0.1, -0.05) is 13.8 Å². The summed E-state index contributed by atoms with van der Waals surface area (Å²) >= 11 is 1.33. The van der Waals surface area contributed by atoms with Crippen molar-refractivity contribution in [3.63, 3.8) is 0 Å². The monoisotopic (exact) mass is 558 g/mol. The fourth-order valence-electron chi connectivity index (χ4n) is 6.11. The highest BCUT2D eigenvalue weighted by Crippen LogP contribution is 2.63. The van der Waals surface area contributed by atoms with E-state index in [1.807, 2.05) is 20.9 Å². The van der Waals surface area contributed by atoms with E-state index in [4.69, 9.17) is 4.74 Å². The molecule has 2 unspecified atom stereocenters. The number of hydrogen-bond acceptors (Lipinski definition) is 7. The topological polar surface area (TPSA) is 75.6 Å². The molecule has 1 aliphatic carbocycles. The summed E-state index contributed by atoms with van der Waals surface area (Å²) in [6.45, 7) is 7.71. The number of morpholine rings is 1. The normalized spacial score (nSPS) is 25.0. The summed E-state index contributed by atoms with van der Waals surface area (Å²) in [4.78, 5) is 38.5. The first-order chi connectivity index (χ1) is 18.4. The largest absolute Gasteiger partial charge is 0.433 e. The quantitative estimate of drug-likeness (QED) is 0.423. The number of pyridine rings is 2. The third kappa shape index (κ3) is 4.44. The molecule has 1 saturated carbocycles. The van der Waals surface area contributed by atoms with Crippen molar-refractivity contribution < 1.29 is 27.5 Å². The lowest BCUT2D eigenvalue weighted by molar-refractivity contribution is -0.144. The van der Waals surface area contributed by atoms with Crippen molar-refractivity contribution in [3.05, 3.63) is 46.1 Å². The van der Waals surface area contributed by atoms with Crippen LogP contribution in [0.3, 0.4) is 0 Å². The van der Waals surface area contributed by atoms with Crippen LogP contribution in [-0.4, -0.2) is 64.4 Å². The predicted octanol–water partition coefficient (Wildman–Crippen LogP) is 4.70. The van der Waals surface area contributed by atoms with Crippen LogP contribution in [0.15, 0.2) is 24.4 Å². The average molecular weight is 559 g/mol. The van der Waals surface area contributed by atoms with Gasteiger partial charge in [-0.05, 0) is 48.7 Å². The Morgan fingerprint density at radius 3 is 2.56 bits per heavy atom. The van der Waals surface area contributed by atoms with Gasteiger partial charge in [0.2, 0.25) is 11.8 Å². The lowest BCUT2D eigenvalue weighted by Gasteiger charge is -2.31. The molecule has 3 aromatic heterocycles. The van der Waals surface area contributed by atoms with Gasteiger partial charge >= 0.3 is 6.18 Å². The number of aryl methyl sites for hydroxylation is 1. The molecule has 3 aromatic rings. The highest BCUT2D eigenvalue weighted by molar-refractivity contribution is 7.19. The molecule has 6 rings (SSSR count). The Balaban J connectivity index is 1.39. The summed E-state index contributed by atoms with van der Waals surface area (Å²) < 4.78 is 48.1. The van der Waals surface area contributed by atoms with E-state index in [2.05, 4.69) is 14.9 Å². The number of carbonyl (C=O) groups excluding carboxylic acids is 2. The molecule has 0 aromatic carbocycles. The molecule has 39 heavy (non-hydrogen) atoms. The van der Waals surface area contributed by atoms with E-state index >= 15 is 0 Å². The summed E-state index contributed by atoms with van der Waals surface area (Å²) in [6.07, 6.45) is -2.78. The number of imide groups is 1. The second kappa shape index (κ2) is 9.07. The molecule has 3 fully saturated rings. The molecule has 11 heteroatoms. The second-order valence-corrected chi connectivity index (χ2v) is 12.6. The first-order valence-corrected chi connectivity index (χ1v) is 13.8. The highest BCUT2D eigenvalue weighted by atomic mass is 32.1. The van der Waals surface area contributed by atoms with Crippen molar-refractivity contribution in [2.45, 2.75) is 46.0 Å². The fraction of sp³-hybridized carbons (Fsp3) is 0.500. The molecule has 3 atom stereocenters. The Kier molecular flexibility index (Phi) is 6.13. The van der Waals surface area contributed by atoms with Crippen LogP contribution in [0.1, 0.15) is 35.5 Å². The molecule has 5 heterocycles. The van der Waals surface area contributed by atoms with Crippen LogP contribution in [0.2, 0.25) is 0 Å². The summed E-state index contributed by atoms with van der Waals surface area (Å²) in [5, 5.41) is 0. The highest BCUT2D eigenvalue weighted by Gasteiger charge is 2.72. The van der Waals surface area contributed by atoms with Crippen molar-refractivity contribution in [2.24, 2.45) is 17.3 Å². The van der Waals surface area contributed by atoms with Gasteiger partial charge in [0.05, 0.1) is 47.0 Å².